The number of pyridine rings is 1. The molecule has 0 saturated carbocycles. The van der Waals surface area contributed by atoms with E-state index in [1.165, 1.54) is 11.4 Å². The van der Waals surface area contributed by atoms with E-state index in [1.54, 1.807) is 60.9 Å². The minimum atomic E-state index is -3.70. The number of aromatic nitrogens is 1. The van der Waals surface area contributed by atoms with Gasteiger partial charge < -0.3 is 10.1 Å². The number of hydrogen-bond acceptors (Lipinski definition) is 5. The molecule has 0 atom stereocenters. The summed E-state index contributed by atoms with van der Waals surface area (Å²) >= 11 is 0. The van der Waals surface area contributed by atoms with E-state index < -0.39 is 10.0 Å². The molecule has 0 aliphatic carbocycles. The van der Waals surface area contributed by atoms with Crippen molar-refractivity contribution in [2.24, 2.45) is 0 Å². The van der Waals surface area contributed by atoms with Gasteiger partial charge in [-0.05, 0) is 73.0 Å². The third-order valence-electron chi connectivity index (χ3n) is 5.00. The summed E-state index contributed by atoms with van der Waals surface area (Å²) in [7, 11) is -2.16. The molecule has 0 saturated heterocycles. The Labute approximate surface area is 175 Å². The SMILES string of the molecule is COc1ccc(S(=O)(=O)N2CCCc3cc(NC(=O)c4ccncc4)ccc32)cc1. The van der Waals surface area contributed by atoms with Crippen LogP contribution in [-0.2, 0) is 16.4 Å². The minimum absolute atomic E-state index is 0.214. The van der Waals surface area contributed by atoms with Gasteiger partial charge in [-0.3, -0.25) is 14.1 Å². The molecule has 1 aliphatic heterocycles. The summed E-state index contributed by atoms with van der Waals surface area (Å²) in [6, 6.07) is 14.9. The van der Waals surface area contributed by atoms with Gasteiger partial charge in [0.05, 0.1) is 17.7 Å². The fraction of sp³-hybridized carbons (Fsp3) is 0.182. The van der Waals surface area contributed by atoms with Gasteiger partial charge >= 0.3 is 0 Å². The van der Waals surface area contributed by atoms with Crippen LogP contribution < -0.4 is 14.4 Å². The molecule has 4 rings (SSSR count). The molecular weight excluding hydrogens is 402 g/mol. The molecule has 7 nitrogen and oxygen atoms in total. The van der Waals surface area contributed by atoms with Gasteiger partial charge in [-0.2, -0.15) is 0 Å². The standard InChI is InChI=1S/C22H21N3O4S/c1-29-19-5-7-20(8-6-19)30(27,28)25-14-2-3-17-15-18(4-9-21(17)25)24-22(26)16-10-12-23-13-11-16/h4-13,15H,2-3,14H2,1H3,(H,24,26). The summed E-state index contributed by atoms with van der Waals surface area (Å²) in [5, 5.41) is 2.86. The first-order chi connectivity index (χ1) is 14.5. The Morgan fingerprint density at radius 3 is 2.50 bits per heavy atom. The molecule has 0 spiro atoms. The van der Waals surface area contributed by atoms with Crippen molar-refractivity contribution in [3.05, 3.63) is 78.1 Å². The van der Waals surface area contributed by atoms with Crippen LogP contribution >= 0.6 is 0 Å². The zero-order valence-electron chi connectivity index (χ0n) is 16.4. The molecule has 8 heteroatoms. The van der Waals surface area contributed by atoms with E-state index in [0.717, 1.165) is 12.0 Å². The first-order valence-corrected chi connectivity index (χ1v) is 10.9. The van der Waals surface area contributed by atoms with Crippen molar-refractivity contribution >= 4 is 27.3 Å². The fourth-order valence-electron chi connectivity index (χ4n) is 3.47. The van der Waals surface area contributed by atoms with Crippen molar-refractivity contribution in [1.29, 1.82) is 0 Å². The second-order valence-electron chi connectivity index (χ2n) is 6.89. The summed E-state index contributed by atoms with van der Waals surface area (Å²) in [5.74, 6) is 0.360. The van der Waals surface area contributed by atoms with Crippen LogP contribution in [0.2, 0.25) is 0 Å². The maximum Gasteiger partial charge on any atom is 0.264 e. The van der Waals surface area contributed by atoms with Crippen molar-refractivity contribution < 1.29 is 17.9 Å². The molecular formula is C22H21N3O4S. The zero-order valence-corrected chi connectivity index (χ0v) is 17.2. The monoisotopic (exact) mass is 423 g/mol. The van der Waals surface area contributed by atoms with Crippen molar-refractivity contribution in [2.45, 2.75) is 17.7 Å². The number of rotatable bonds is 5. The topological polar surface area (TPSA) is 88.6 Å². The van der Waals surface area contributed by atoms with E-state index in [4.69, 9.17) is 4.74 Å². The number of aryl methyl sites for hydroxylation is 1. The summed E-state index contributed by atoms with van der Waals surface area (Å²) in [5.41, 5.74) is 2.65. The average Bonchev–Trinajstić information content (AvgIpc) is 2.79. The molecule has 1 amide bonds. The Kier molecular flexibility index (Phi) is 5.41. The summed E-state index contributed by atoms with van der Waals surface area (Å²) in [6.45, 7) is 0.407. The molecule has 1 N–H and O–H groups in total. The van der Waals surface area contributed by atoms with Crippen LogP contribution in [0.15, 0.2) is 71.9 Å². The van der Waals surface area contributed by atoms with Gasteiger partial charge in [0.15, 0.2) is 0 Å². The van der Waals surface area contributed by atoms with Gasteiger partial charge in [-0.15, -0.1) is 0 Å². The Hall–Kier alpha value is -3.39. The van der Waals surface area contributed by atoms with Crippen LogP contribution in [0.3, 0.4) is 0 Å². The van der Waals surface area contributed by atoms with Crippen LogP contribution in [0, 0.1) is 0 Å². The predicted octanol–water partition coefficient (Wildman–Crippen LogP) is 3.48. The van der Waals surface area contributed by atoms with Gasteiger partial charge in [-0.1, -0.05) is 0 Å². The first-order valence-electron chi connectivity index (χ1n) is 9.50. The number of nitrogens with one attached hydrogen (secondary N) is 1. The number of carbonyl (C=O) groups excluding carboxylic acids is 1. The van der Waals surface area contributed by atoms with Gasteiger partial charge in [0.1, 0.15) is 5.75 Å². The number of methoxy groups -OCH3 is 1. The van der Waals surface area contributed by atoms with Gasteiger partial charge in [0.25, 0.3) is 15.9 Å². The van der Waals surface area contributed by atoms with E-state index in [9.17, 15) is 13.2 Å². The molecule has 2 aromatic carbocycles. The highest BCUT2D eigenvalue weighted by Crippen LogP contribution is 2.34. The highest BCUT2D eigenvalue weighted by molar-refractivity contribution is 7.92. The molecule has 2 heterocycles. The highest BCUT2D eigenvalue weighted by atomic mass is 32.2. The zero-order chi connectivity index (χ0) is 21.1. The lowest BCUT2D eigenvalue weighted by Gasteiger charge is -2.31. The van der Waals surface area contributed by atoms with E-state index >= 15 is 0 Å². The predicted molar refractivity (Wildman–Crippen MR) is 114 cm³/mol. The molecule has 1 aromatic heterocycles. The van der Waals surface area contributed by atoms with Gasteiger partial charge in [-0.25, -0.2) is 8.42 Å². The Morgan fingerprint density at radius 2 is 1.80 bits per heavy atom. The maximum absolute atomic E-state index is 13.2. The second-order valence-corrected chi connectivity index (χ2v) is 8.75. The van der Waals surface area contributed by atoms with Gasteiger partial charge in [0, 0.05) is 30.2 Å². The molecule has 0 radical (unpaired) electrons. The van der Waals surface area contributed by atoms with Crippen molar-refractivity contribution in [1.82, 2.24) is 4.98 Å². The Morgan fingerprint density at radius 1 is 1.07 bits per heavy atom. The third-order valence-corrected chi connectivity index (χ3v) is 6.83. The largest absolute Gasteiger partial charge is 0.497 e. The molecule has 1 aliphatic rings. The molecule has 0 unspecified atom stereocenters. The number of sulfonamides is 1. The molecule has 154 valence electrons. The van der Waals surface area contributed by atoms with E-state index in [0.29, 0.717) is 35.7 Å². The lowest BCUT2D eigenvalue weighted by Crippen LogP contribution is -2.35. The van der Waals surface area contributed by atoms with Crippen LogP contribution in [0.1, 0.15) is 22.3 Å². The summed E-state index contributed by atoms with van der Waals surface area (Å²) in [4.78, 5) is 16.5. The molecule has 0 bridgehead atoms. The smallest absolute Gasteiger partial charge is 0.264 e. The van der Waals surface area contributed by atoms with Crippen molar-refractivity contribution in [3.8, 4) is 5.75 Å². The quantitative estimate of drug-likeness (QED) is 0.679. The van der Waals surface area contributed by atoms with Crippen LogP contribution in [0.25, 0.3) is 0 Å². The number of benzene rings is 2. The van der Waals surface area contributed by atoms with Crippen molar-refractivity contribution in [2.75, 3.05) is 23.3 Å². The normalized spacial score (nSPS) is 13.4. The van der Waals surface area contributed by atoms with Gasteiger partial charge in [0.2, 0.25) is 0 Å². The number of amides is 1. The maximum atomic E-state index is 13.2. The average molecular weight is 423 g/mol. The summed E-state index contributed by atoms with van der Waals surface area (Å²) in [6.07, 6.45) is 4.56. The molecule has 30 heavy (non-hydrogen) atoms. The number of anilines is 2. The highest BCUT2D eigenvalue weighted by Gasteiger charge is 2.29. The number of hydrogen-bond donors (Lipinski definition) is 1. The Balaban J connectivity index is 1.60. The summed E-state index contributed by atoms with van der Waals surface area (Å²) < 4.78 is 33.0. The fourth-order valence-corrected chi connectivity index (χ4v) is 5.01. The lowest BCUT2D eigenvalue weighted by atomic mass is 10.0. The van der Waals surface area contributed by atoms with Crippen molar-refractivity contribution in [3.63, 3.8) is 0 Å². The van der Waals surface area contributed by atoms with E-state index in [1.807, 2.05) is 6.07 Å². The molecule has 0 fully saturated rings. The Bertz CT molecular complexity index is 1160. The minimum Gasteiger partial charge on any atom is -0.497 e. The number of carbonyl (C=O) groups is 1. The molecule has 3 aromatic rings. The lowest BCUT2D eigenvalue weighted by molar-refractivity contribution is 0.102. The van der Waals surface area contributed by atoms with Crippen LogP contribution in [0.5, 0.6) is 5.75 Å². The second kappa shape index (κ2) is 8.16. The number of nitrogens with zero attached hydrogens (tertiary/aromatic N) is 2. The van der Waals surface area contributed by atoms with E-state index in [-0.39, 0.29) is 10.8 Å². The van der Waals surface area contributed by atoms with Crippen LogP contribution in [-0.4, -0.2) is 33.0 Å². The van der Waals surface area contributed by atoms with Crippen LogP contribution in [0.4, 0.5) is 11.4 Å². The number of fused-ring (bicyclic) bond motifs is 1. The number of ether oxygens (including phenoxy) is 1. The third kappa shape index (κ3) is 3.86. The first kappa shape index (κ1) is 19.9. The van der Waals surface area contributed by atoms with E-state index in [2.05, 4.69) is 10.3 Å².